The van der Waals surface area contributed by atoms with Gasteiger partial charge in [-0.25, -0.2) is 0 Å². The van der Waals surface area contributed by atoms with Gasteiger partial charge in [0.2, 0.25) is 0 Å². The van der Waals surface area contributed by atoms with Crippen LogP contribution < -0.4 is 5.32 Å². The predicted molar refractivity (Wildman–Crippen MR) is 38.8 cm³/mol. The minimum Gasteiger partial charge on any atom is -0.395 e. The maximum atomic E-state index is 8.61. The van der Waals surface area contributed by atoms with Crippen LogP contribution in [0.25, 0.3) is 0 Å². The second kappa shape index (κ2) is 2.19. The van der Waals surface area contributed by atoms with Crippen molar-refractivity contribution in [3.63, 3.8) is 0 Å². The summed E-state index contributed by atoms with van der Waals surface area (Å²) in [5, 5.41) is 11.9. The van der Waals surface area contributed by atoms with Gasteiger partial charge in [-0.3, -0.25) is 4.90 Å². The van der Waals surface area contributed by atoms with Gasteiger partial charge in [-0.05, 0) is 0 Å². The number of aliphatic hydroxyl groups excluding tert-OH is 1. The maximum Gasteiger partial charge on any atom is 0.0558 e. The van der Waals surface area contributed by atoms with E-state index in [2.05, 4.69) is 10.2 Å². The first-order chi connectivity index (χ1) is 4.85. The van der Waals surface area contributed by atoms with Crippen LogP contribution in [-0.4, -0.2) is 49.3 Å². The van der Waals surface area contributed by atoms with Crippen LogP contribution >= 0.6 is 0 Å². The van der Waals surface area contributed by atoms with Crippen molar-refractivity contribution in [2.24, 2.45) is 5.41 Å². The predicted octanol–water partition coefficient (Wildman–Crippen LogP) is -1.12. The molecule has 3 heteroatoms. The van der Waals surface area contributed by atoms with Crippen molar-refractivity contribution in [1.82, 2.24) is 10.2 Å². The summed E-state index contributed by atoms with van der Waals surface area (Å²) in [5.74, 6) is 0. The summed E-state index contributed by atoms with van der Waals surface area (Å²) in [6.45, 7) is 5.94. The van der Waals surface area contributed by atoms with Gasteiger partial charge in [-0.1, -0.05) is 0 Å². The number of nitrogens with zero attached hydrogens (tertiary/aromatic N) is 1. The highest BCUT2D eigenvalue weighted by Gasteiger charge is 2.46. The van der Waals surface area contributed by atoms with E-state index in [0.29, 0.717) is 12.0 Å². The summed E-state index contributed by atoms with van der Waals surface area (Å²) >= 11 is 0. The van der Waals surface area contributed by atoms with E-state index in [9.17, 15) is 0 Å². The molecule has 1 spiro atoms. The molecule has 0 amide bonds. The Labute approximate surface area is 61.0 Å². The van der Waals surface area contributed by atoms with E-state index in [0.717, 1.165) is 6.54 Å². The molecule has 58 valence electrons. The molecule has 2 heterocycles. The molecule has 2 aliphatic rings. The Bertz CT molecular complexity index is 126. The van der Waals surface area contributed by atoms with Crippen molar-refractivity contribution in [3.05, 3.63) is 0 Å². The van der Waals surface area contributed by atoms with Gasteiger partial charge in [0.15, 0.2) is 0 Å². The van der Waals surface area contributed by atoms with E-state index in [1.165, 1.54) is 26.2 Å². The fraction of sp³-hybridized carbons (Fsp3) is 1.00. The lowest BCUT2D eigenvalue weighted by Gasteiger charge is -2.56. The monoisotopic (exact) mass is 142 g/mol. The van der Waals surface area contributed by atoms with Crippen LogP contribution in [0.5, 0.6) is 0 Å². The first kappa shape index (κ1) is 6.58. The molecule has 2 aliphatic heterocycles. The largest absolute Gasteiger partial charge is 0.395 e. The van der Waals surface area contributed by atoms with Gasteiger partial charge in [-0.15, -0.1) is 0 Å². The molecule has 0 radical (unpaired) electrons. The van der Waals surface area contributed by atoms with Crippen LogP contribution in [0.3, 0.4) is 0 Å². The number of nitrogens with one attached hydrogen (secondary N) is 1. The Balaban J connectivity index is 1.72. The van der Waals surface area contributed by atoms with E-state index >= 15 is 0 Å². The molecule has 3 nitrogen and oxygen atoms in total. The fourth-order valence-corrected chi connectivity index (χ4v) is 1.90. The Morgan fingerprint density at radius 3 is 2.50 bits per heavy atom. The lowest BCUT2D eigenvalue weighted by atomic mass is 9.74. The molecule has 0 aromatic heterocycles. The minimum atomic E-state index is 0.309. The van der Waals surface area contributed by atoms with Gasteiger partial charge in [0.1, 0.15) is 0 Å². The van der Waals surface area contributed by atoms with Gasteiger partial charge < -0.3 is 10.4 Å². The van der Waals surface area contributed by atoms with Gasteiger partial charge in [0.25, 0.3) is 0 Å². The van der Waals surface area contributed by atoms with E-state index < -0.39 is 0 Å². The maximum absolute atomic E-state index is 8.61. The van der Waals surface area contributed by atoms with Crippen molar-refractivity contribution in [2.75, 3.05) is 39.3 Å². The number of likely N-dealkylation sites (tertiary alicyclic amines) is 1. The molecular weight excluding hydrogens is 128 g/mol. The van der Waals surface area contributed by atoms with Crippen molar-refractivity contribution in [3.8, 4) is 0 Å². The third kappa shape index (κ3) is 0.856. The Kier molecular flexibility index (Phi) is 1.44. The first-order valence-electron chi connectivity index (χ1n) is 3.89. The van der Waals surface area contributed by atoms with Crippen molar-refractivity contribution in [2.45, 2.75) is 0 Å². The number of rotatable bonds is 2. The zero-order chi connectivity index (χ0) is 7.03. The standard InChI is InChI=1S/C7H14N2O/c10-2-1-9-5-7(6-9)3-8-4-7/h8,10H,1-6H2. The summed E-state index contributed by atoms with van der Waals surface area (Å²) in [6.07, 6.45) is 0. The summed E-state index contributed by atoms with van der Waals surface area (Å²) in [6, 6.07) is 0. The summed E-state index contributed by atoms with van der Waals surface area (Å²) in [5.41, 5.74) is 0.620. The molecule has 0 saturated carbocycles. The number of hydrogen-bond acceptors (Lipinski definition) is 3. The van der Waals surface area contributed by atoms with Crippen LogP contribution in [-0.2, 0) is 0 Å². The summed E-state index contributed by atoms with van der Waals surface area (Å²) in [7, 11) is 0. The second-order valence-electron chi connectivity index (χ2n) is 3.54. The number of β-amino-alcohol motifs (C(OH)–C–C–N with tert-alkyl or cyclic N) is 1. The molecule has 0 bridgehead atoms. The molecule has 0 aromatic rings. The van der Waals surface area contributed by atoms with Crippen molar-refractivity contribution < 1.29 is 5.11 Å². The van der Waals surface area contributed by atoms with Gasteiger partial charge in [0.05, 0.1) is 6.61 Å². The third-order valence-electron chi connectivity index (χ3n) is 2.53. The Morgan fingerprint density at radius 2 is 2.10 bits per heavy atom. The lowest BCUT2D eigenvalue weighted by Crippen LogP contribution is -2.71. The molecule has 0 atom stereocenters. The second-order valence-corrected chi connectivity index (χ2v) is 3.54. The first-order valence-corrected chi connectivity index (χ1v) is 3.89. The smallest absolute Gasteiger partial charge is 0.0558 e. The number of hydrogen-bond donors (Lipinski definition) is 2. The van der Waals surface area contributed by atoms with E-state index in [4.69, 9.17) is 5.11 Å². The third-order valence-corrected chi connectivity index (χ3v) is 2.53. The highest BCUT2D eigenvalue weighted by Crippen LogP contribution is 2.33. The van der Waals surface area contributed by atoms with E-state index in [1.54, 1.807) is 0 Å². The quantitative estimate of drug-likeness (QED) is 0.513. The van der Waals surface area contributed by atoms with Crippen LogP contribution in [0.1, 0.15) is 0 Å². The molecule has 2 fully saturated rings. The summed E-state index contributed by atoms with van der Waals surface area (Å²) in [4.78, 5) is 2.31. The fourth-order valence-electron chi connectivity index (χ4n) is 1.90. The zero-order valence-electron chi connectivity index (χ0n) is 6.14. The topological polar surface area (TPSA) is 35.5 Å². The molecule has 2 saturated heterocycles. The minimum absolute atomic E-state index is 0.309. The molecule has 2 N–H and O–H groups in total. The highest BCUT2D eigenvalue weighted by molar-refractivity contribution is 5.03. The van der Waals surface area contributed by atoms with Crippen LogP contribution in [0.15, 0.2) is 0 Å². The summed E-state index contributed by atoms with van der Waals surface area (Å²) < 4.78 is 0. The van der Waals surface area contributed by atoms with Crippen LogP contribution in [0, 0.1) is 5.41 Å². The average Bonchev–Trinajstić information content (AvgIpc) is 1.72. The van der Waals surface area contributed by atoms with Crippen LogP contribution in [0.4, 0.5) is 0 Å². The zero-order valence-corrected chi connectivity index (χ0v) is 6.14. The molecule has 0 unspecified atom stereocenters. The van der Waals surface area contributed by atoms with E-state index in [1.807, 2.05) is 0 Å². The highest BCUT2D eigenvalue weighted by atomic mass is 16.3. The molecule has 0 aromatic carbocycles. The Morgan fingerprint density at radius 1 is 1.40 bits per heavy atom. The van der Waals surface area contributed by atoms with E-state index in [-0.39, 0.29) is 0 Å². The molecule has 2 rings (SSSR count). The van der Waals surface area contributed by atoms with Crippen LogP contribution in [0.2, 0.25) is 0 Å². The molecule has 10 heavy (non-hydrogen) atoms. The van der Waals surface area contributed by atoms with Gasteiger partial charge in [0, 0.05) is 38.1 Å². The van der Waals surface area contributed by atoms with Crippen molar-refractivity contribution in [1.29, 1.82) is 0 Å². The molecule has 0 aliphatic carbocycles. The van der Waals surface area contributed by atoms with Gasteiger partial charge >= 0.3 is 0 Å². The number of aliphatic hydroxyl groups is 1. The van der Waals surface area contributed by atoms with Gasteiger partial charge in [-0.2, -0.15) is 0 Å². The van der Waals surface area contributed by atoms with Crippen molar-refractivity contribution >= 4 is 0 Å². The normalized spacial score (nSPS) is 29.7. The SMILES string of the molecule is OCCN1CC2(CNC2)C1. The molecular formula is C7H14N2O. The average molecular weight is 142 g/mol. The lowest BCUT2D eigenvalue weighted by molar-refractivity contribution is -0.0455. The Hall–Kier alpha value is -0.120.